The lowest BCUT2D eigenvalue weighted by Gasteiger charge is -2.55. The maximum Gasteiger partial charge on any atom is 0.245 e. The highest BCUT2D eigenvalue weighted by atomic mass is 19.1. The van der Waals surface area contributed by atoms with Gasteiger partial charge in [-0.2, -0.15) is 15.1 Å². The van der Waals surface area contributed by atoms with Gasteiger partial charge in [-0.1, -0.05) is 0 Å². The van der Waals surface area contributed by atoms with Crippen LogP contribution in [0.1, 0.15) is 25.6 Å². The van der Waals surface area contributed by atoms with Crippen LogP contribution in [-0.4, -0.2) is 137 Å². The molecule has 16 nitrogen and oxygen atoms in total. The van der Waals surface area contributed by atoms with Crippen molar-refractivity contribution in [3.8, 4) is 22.7 Å². The monoisotopic (exact) mass is 791 g/mol. The summed E-state index contributed by atoms with van der Waals surface area (Å²) in [5, 5.41) is 19.6. The Labute approximate surface area is 332 Å². The van der Waals surface area contributed by atoms with Crippen molar-refractivity contribution < 1.29 is 23.4 Å². The van der Waals surface area contributed by atoms with Gasteiger partial charge in [-0.05, 0) is 58.0 Å². The molecule has 5 atom stereocenters. The Morgan fingerprint density at radius 3 is 2.57 bits per heavy atom. The summed E-state index contributed by atoms with van der Waals surface area (Å²) in [5.74, 6) is 0.596. The number of carbonyl (C=O) groups excluding carboxylic acids is 1. The van der Waals surface area contributed by atoms with E-state index in [1.54, 1.807) is 30.4 Å². The first kappa shape index (κ1) is 36.3. The molecule has 3 saturated heterocycles. The number of rotatable bonds is 5. The summed E-state index contributed by atoms with van der Waals surface area (Å²) in [6.07, 6.45) is 4.24. The topological polar surface area (TPSA) is 159 Å². The molecular formula is C40H43F2N13O3. The zero-order valence-corrected chi connectivity index (χ0v) is 32.5. The number of benzene rings is 2. The van der Waals surface area contributed by atoms with E-state index in [4.69, 9.17) is 24.7 Å². The van der Waals surface area contributed by atoms with Gasteiger partial charge in [-0.3, -0.25) is 4.79 Å². The minimum Gasteiger partial charge on any atom is -0.506 e. The average Bonchev–Trinajstić information content (AvgIpc) is 3.88. The number of anilines is 3. The minimum absolute atomic E-state index is 0.132. The zero-order valence-electron chi connectivity index (χ0n) is 32.5. The Morgan fingerprint density at radius 2 is 1.78 bits per heavy atom. The van der Waals surface area contributed by atoms with Crippen molar-refractivity contribution in [2.24, 2.45) is 0 Å². The van der Waals surface area contributed by atoms with Crippen LogP contribution in [0.2, 0.25) is 0 Å². The van der Waals surface area contributed by atoms with E-state index in [9.17, 15) is 14.3 Å². The van der Waals surface area contributed by atoms with Crippen molar-refractivity contribution >= 4 is 45.7 Å². The Hall–Kier alpha value is -6.01. The number of fused-ring (bicyclic) bond motifs is 8. The summed E-state index contributed by atoms with van der Waals surface area (Å²) < 4.78 is 39.1. The van der Waals surface area contributed by atoms with Crippen LogP contribution in [0.5, 0.6) is 5.75 Å². The van der Waals surface area contributed by atoms with Gasteiger partial charge in [0.2, 0.25) is 17.8 Å². The number of phenolic OH excluding ortho intramolecular Hbond substituents is 1. The van der Waals surface area contributed by atoms with Gasteiger partial charge in [-0.15, -0.1) is 0 Å². The molecule has 4 aromatic heterocycles. The number of imidazole rings is 1. The number of nitrogens with zero attached hydrogens (tertiary/aromatic N) is 12. The van der Waals surface area contributed by atoms with Crippen molar-refractivity contribution in [1.82, 2.24) is 49.1 Å². The van der Waals surface area contributed by atoms with Crippen LogP contribution < -0.4 is 15.1 Å². The quantitative estimate of drug-likeness (QED) is 0.261. The number of carbonyl (C=O) groups is 1. The van der Waals surface area contributed by atoms with Crippen molar-refractivity contribution in [2.75, 3.05) is 62.0 Å². The Bertz CT molecular complexity index is 2590. The van der Waals surface area contributed by atoms with E-state index in [1.165, 1.54) is 28.9 Å². The molecule has 0 saturated carbocycles. The van der Waals surface area contributed by atoms with Crippen molar-refractivity contribution in [1.29, 1.82) is 0 Å². The largest absolute Gasteiger partial charge is 0.506 e. The molecule has 2 aromatic carbocycles. The van der Waals surface area contributed by atoms with Crippen LogP contribution >= 0.6 is 0 Å². The van der Waals surface area contributed by atoms with Gasteiger partial charge in [0, 0.05) is 81.9 Å². The number of aryl methyl sites for hydroxylation is 1. The normalized spacial score (nSPS) is 23.6. The van der Waals surface area contributed by atoms with Crippen LogP contribution in [0.3, 0.4) is 0 Å². The maximum atomic E-state index is 15.2. The van der Waals surface area contributed by atoms with Gasteiger partial charge >= 0.3 is 0 Å². The smallest absolute Gasteiger partial charge is 0.245 e. The highest BCUT2D eigenvalue weighted by molar-refractivity contribution is 5.94. The van der Waals surface area contributed by atoms with E-state index in [0.717, 1.165) is 31.1 Å². The number of hydrogen-bond donors (Lipinski definition) is 2. The molecule has 1 amide bonds. The van der Waals surface area contributed by atoms with Gasteiger partial charge in [0.15, 0.2) is 5.65 Å². The van der Waals surface area contributed by atoms with E-state index in [0.29, 0.717) is 77.5 Å². The molecule has 3 fully saturated rings. The van der Waals surface area contributed by atoms with E-state index >= 15 is 4.39 Å². The number of phenols is 1. The molecule has 4 aliphatic rings. The number of ether oxygens (including phenoxy) is 1. The summed E-state index contributed by atoms with van der Waals surface area (Å²) in [4.78, 5) is 47.6. The van der Waals surface area contributed by atoms with Gasteiger partial charge in [0.05, 0.1) is 41.0 Å². The molecule has 2 unspecified atom stereocenters. The number of piperazine rings is 1. The first-order chi connectivity index (χ1) is 28.0. The Kier molecular flexibility index (Phi) is 8.66. The van der Waals surface area contributed by atoms with E-state index in [-0.39, 0.29) is 42.0 Å². The zero-order chi connectivity index (χ0) is 40.0. The first-order valence-corrected chi connectivity index (χ1v) is 19.6. The van der Waals surface area contributed by atoms with E-state index < -0.39 is 23.8 Å². The molecule has 58 heavy (non-hydrogen) atoms. The predicted octanol–water partition coefficient (Wildman–Crippen LogP) is 3.74. The lowest BCUT2D eigenvalue weighted by molar-refractivity contribution is -0.133. The van der Waals surface area contributed by atoms with Gasteiger partial charge in [-0.25, -0.2) is 28.4 Å². The highest BCUT2D eigenvalue weighted by Gasteiger charge is 2.47. The number of amides is 1. The number of aromatic nitrogens is 8. The van der Waals surface area contributed by atoms with Crippen LogP contribution in [0.25, 0.3) is 39.0 Å². The van der Waals surface area contributed by atoms with Crippen LogP contribution in [0.4, 0.5) is 26.5 Å². The molecule has 18 heteroatoms. The summed E-state index contributed by atoms with van der Waals surface area (Å²) in [5.41, 5.74) is 3.00. The Morgan fingerprint density at radius 1 is 0.948 bits per heavy atom. The number of likely N-dealkylation sites (tertiary alicyclic amines) is 1. The third-order valence-corrected chi connectivity index (χ3v) is 11.9. The molecule has 6 bridgehead atoms. The molecule has 0 spiro atoms. The molecule has 0 radical (unpaired) electrons. The molecule has 4 aliphatic heterocycles. The highest BCUT2D eigenvalue weighted by Crippen LogP contribution is 2.40. The number of hydrogen-bond acceptors (Lipinski definition) is 13. The maximum absolute atomic E-state index is 15.2. The van der Waals surface area contributed by atoms with Gasteiger partial charge in [0.1, 0.15) is 40.8 Å². The van der Waals surface area contributed by atoms with E-state index in [1.807, 2.05) is 23.3 Å². The average molecular weight is 792 g/mol. The number of nitrogens with one attached hydrogen (secondary N) is 1. The number of aromatic hydroxyl groups is 1. The van der Waals surface area contributed by atoms with Gasteiger partial charge < -0.3 is 39.3 Å². The predicted molar refractivity (Wildman–Crippen MR) is 212 cm³/mol. The minimum atomic E-state index is -0.679. The SMILES string of the molecule is CCO[C@H]1CN(C)C(=O)[C@@H]2C[C@@H](CN2c2nc(N3C4CC3CN(C)C4)nc3c2cnn3-c2ccc(F)cc2O)Nc2nccc(n2)-c2cc(F)cc3nc(C)n(c23)C1. The van der Waals surface area contributed by atoms with Crippen molar-refractivity contribution in [3.05, 3.63) is 66.3 Å². The molecular weight excluding hydrogens is 749 g/mol. The summed E-state index contributed by atoms with van der Waals surface area (Å²) >= 11 is 0. The summed E-state index contributed by atoms with van der Waals surface area (Å²) in [7, 11) is 3.89. The lowest BCUT2D eigenvalue weighted by Crippen LogP contribution is -2.68. The molecule has 8 heterocycles. The second-order valence-corrected chi connectivity index (χ2v) is 15.8. The number of halogens is 2. The standard InChI is InChI=1S/C40H43F2N13O3/c1-5-58-27-19-51(4)38(57)33-13-24(46-39-43-9-8-30(47-39)28-10-23(42)11-31-35(28)52(20-27)21(2)45-31)16-53(33)36-29-15-44-55(32-7-6-22(41)12-34(32)56)37(29)49-40(48-36)54-25-14-26(54)18-50(3)17-25/h6-12,15,24-27,33,56H,5,13-14,16-20H2,1-4H3,(H,43,46,47)/t24-,25?,26?,27-,33-/m0/s1. The summed E-state index contributed by atoms with van der Waals surface area (Å²) in [6.45, 7) is 6.90. The Balaban J connectivity index is 1.11. The van der Waals surface area contributed by atoms with Crippen molar-refractivity contribution in [3.63, 3.8) is 0 Å². The van der Waals surface area contributed by atoms with Crippen LogP contribution in [0, 0.1) is 18.6 Å². The molecule has 0 aliphatic carbocycles. The molecule has 300 valence electrons. The third kappa shape index (κ3) is 6.04. The number of piperidine rings is 1. The first-order valence-electron chi connectivity index (χ1n) is 19.6. The third-order valence-electron chi connectivity index (χ3n) is 11.9. The van der Waals surface area contributed by atoms with Crippen molar-refractivity contribution in [2.45, 2.75) is 63.5 Å². The fourth-order valence-electron chi connectivity index (χ4n) is 9.41. The fraction of sp³-hybridized carbons (Fsp3) is 0.425. The summed E-state index contributed by atoms with van der Waals surface area (Å²) in [6, 6.07) is 7.83. The van der Waals surface area contributed by atoms with Gasteiger partial charge in [0.25, 0.3) is 0 Å². The van der Waals surface area contributed by atoms with Crippen LogP contribution in [-0.2, 0) is 16.1 Å². The molecule has 2 N–H and O–H groups in total. The van der Waals surface area contributed by atoms with E-state index in [2.05, 4.69) is 32.2 Å². The number of likely N-dealkylation sites (N-methyl/N-ethyl adjacent to an activating group) is 2. The fourth-order valence-corrected chi connectivity index (χ4v) is 9.41. The second kappa shape index (κ2) is 13.8. The lowest BCUT2D eigenvalue weighted by atomic mass is 9.88. The molecule has 10 rings (SSSR count). The second-order valence-electron chi connectivity index (χ2n) is 15.8. The molecule has 6 aromatic rings. The van der Waals surface area contributed by atoms with Crippen LogP contribution in [0.15, 0.2) is 48.8 Å².